The normalized spacial score (nSPS) is 23.5. The zero-order valence-electron chi connectivity index (χ0n) is 10.2. The highest BCUT2D eigenvalue weighted by molar-refractivity contribution is 8.27. The average Bonchev–Trinajstić information content (AvgIpc) is 2.72. The van der Waals surface area contributed by atoms with Crippen LogP contribution < -0.4 is 14.0 Å². The van der Waals surface area contributed by atoms with E-state index in [1.807, 2.05) is 42.7 Å². The summed E-state index contributed by atoms with van der Waals surface area (Å²) in [4.78, 5) is 0.915. The van der Waals surface area contributed by atoms with E-state index in [4.69, 9.17) is 4.29 Å². The highest BCUT2D eigenvalue weighted by atomic mass is 35.7. The molecule has 104 valence electrons. The molecule has 0 spiro atoms. The fourth-order valence-corrected chi connectivity index (χ4v) is 5.40. The topological polar surface area (TPSA) is 78.4 Å². The van der Waals surface area contributed by atoms with E-state index in [9.17, 15) is 14.0 Å². The van der Waals surface area contributed by atoms with Crippen molar-refractivity contribution in [1.82, 2.24) is 0 Å². The summed E-state index contributed by atoms with van der Waals surface area (Å²) in [6.07, 6.45) is 1.20. The standard InChI is InChI=1S/C12H13ClO4S2/c1-2-8-12(17-13(14,15)16)18-9-11(19-12)10-6-4-3-5-7-10/h3-7,9H,2,8H2,1H3. The van der Waals surface area contributed by atoms with E-state index in [1.54, 1.807) is 0 Å². The molecule has 19 heavy (non-hydrogen) atoms. The predicted molar refractivity (Wildman–Crippen MR) is 68.3 cm³/mol. The Morgan fingerprint density at radius 1 is 1.21 bits per heavy atom. The number of rotatable bonds is 5. The van der Waals surface area contributed by atoms with E-state index in [0.717, 1.165) is 16.9 Å². The molecule has 0 aliphatic carbocycles. The number of halogens is 1. The Balaban J connectivity index is 2.15. The van der Waals surface area contributed by atoms with E-state index in [0.29, 0.717) is 6.42 Å². The fraction of sp³-hybridized carbons (Fsp3) is 0.333. The Bertz CT molecular complexity index is 461. The van der Waals surface area contributed by atoms with Crippen LogP contribution >= 0.6 is 23.5 Å². The van der Waals surface area contributed by atoms with E-state index < -0.39 is 14.5 Å². The second kappa shape index (κ2) is 6.05. The Kier molecular flexibility index (Phi) is 4.84. The summed E-state index contributed by atoms with van der Waals surface area (Å²) < 4.78 is 36.2. The smallest absolute Gasteiger partial charge is 0.183 e. The molecule has 0 bridgehead atoms. The SMILES string of the molecule is CCCC1(O[Cl+3]([O-])([O-])[O-])SC=C(c2ccccc2)S1. The van der Waals surface area contributed by atoms with Crippen LogP contribution in [0.3, 0.4) is 0 Å². The van der Waals surface area contributed by atoms with Gasteiger partial charge in [-0.25, -0.2) is 0 Å². The van der Waals surface area contributed by atoms with Gasteiger partial charge in [0.2, 0.25) is 0 Å². The van der Waals surface area contributed by atoms with Crippen LogP contribution in [0, 0.1) is 10.2 Å². The van der Waals surface area contributed by atoms with Crippen LogP contribution in [0.1, 0.15) is 25.3 Å². The molecule has 0 radical (unpaired) electrons. The van der Waals surface area contributed by atoms with Crippen molar-refractivity contribution >= 4 is 28.4 Å². The Morgan fingerprint density at radius 3 is 2.47 bits per heavy atom. The lowest BCUT2D eigenvalue weighted by molar-refractivity contribution is -1.92. The molecule has 4 nitrogen and oxygen atoms in total. The number of hydrogen-bond acceptors (Lipinski definition) is 6. The third-order valence-electron chi connectivity index (χ3n) is 2.44. The number of thioether (sulfide) groups is 2. The minimum Gasteiger partial charge on any atom is -0.183 e. The zero-order valence-corrected chi connectivity index (χ0v) is 12.6. The van der Waals surface area contributed by atoms with Gasteiger partial charge < -0.3 is 0 Å². The maximum absolute atomic E-state index is 10.9. The van der Waals surface area contributed by atoms with Crippen LogP contribution in [0.25, 0.3) is 4.91 Å². The highest BCUT2D eigenvalue weighted by Gasteiger charge is 2.50. The summed E-state index contributed by atoms with van der Waals surface area (Å²) in [6.45, 7) is 1.92. The van der Waals surface area contributed by atoms with Crippen molar-refractivity contribution in [2.45, 2.75) is 24.0 Å². The third-order valence-corrected chi connectivity index (χ3v) is 5.93. The van der Waals surface area contributed by atoms with Gasteiger partial charge in [-0.15, -0.1) is 0 Å². The molecule has 0 fully saturated rings. The van der Waals surface area contributed by atoms with Gasteiger partial charge in [0.15, 0.2) is 0 Å². The molecule has 1 atom stereocenters. The maximum Gasteiger partial charge on any atom is 0.323 e. The summed E-state index contributed by atoms with van der Waals surface area (Å²) in [6, 6.07) is 9.60. The summed E-state index contributed by atoms with van der Waals surface area (Å²) >= 11 is 2.52. The largest absolute Gasteiger partial charge is 0.323 e. The molecular weight excluding hydrogens is 308 g/mol. The second-order valence-corrected chi connectivity index (χ2v) is 7.56. The molecule has 1 aromatic carbocycles. The van der Waals surface area contributed by atoms with E-state index in [-0.39, 0.29) is 0 Å². The van der Waals surface area contributed by atoms with Crippen LogP contribution in [-0.2, 0) is 4.29 Å². The van der Waals surface area contributed by atoms with Gasteiger partial charge in [0, 0.05) is 11.3 Å². The van der Waals surface area contributed by atoms with Crippen LogP contribution in [0.2, 0.25) is 0 Å². The molecule has 7 heteroatoms. The van der Waals surface area contributed by atoms with Gasteiger partial charge in [0.05, 0.1) is 14.5 Å². The molecular formula is C12H13ClO4S2. The summed E-state index contributed by atoms with van der Waals surface area (Å²) in [7, 11) is -4.43. The Labute approximate surface area is 122 Å². The molecule has 0 saturated carbocycles. The molecule has 0 saturated heterocycles. The van der Waals surface area contributed by atoms with Gasteiger partial charge in [-0.3, -0.25) is 0 Å². The Morgan fingerprint density at radius 2 is 1.89 bits per heavy atom. The number of benzene rings is 1. The van der Waals surface area contributed by atoms with Crippen molar-refractivity contribution in [2.75, 3.05) is 0 Å². The fourth-order valence-electron chi connectivity index (χ4n) is 1.72. The molecule has 1 heterocycles. The van der Waals surface area contributed by atoms with Crippen molar-refractivity contribution in [2.24, 2.45) is 0 Å². The minimum absolute atomic E-state index is 0.476. The third kappa shape index (κ3) is 4.13. The molecule has 0 aromatic heterocycles. The van der Waals surface area contributed by atoms with Gasteiger partial charge in [-0.2, -0.15) is 14.0 Å². The molecule has 1 aromatic rings. The predicted octanol–water partition coefficient (Wildman–Crippen LogP) is 0.833. The molecule has 0 amide bonds. The van der Waals surface area contributed by atoms with Crippen LogP contribution in [0.15, 0.2) is 35.7 Å². The monoisotopic (exact) mass is 320 g/mol. The van der Waals surface area contributed by atoms with Gasteiger partial charge >= 0.3 is 4.27 Å². The van der Waals surface area contributed by atoms with Crippen LogP contribution in [0.5, 0.6) is 0 Å². The van der Waals surface area contributed by atoms with Gasteiger partial charge in [0.25, 0.3) is 0 Å². The second-order valence-electron chi connectivity index (χ2n) is 3.96. The van der Waals surface area contributed by atoms with Gasteiger partial charge in [-0.05, 0) is 11.0 Å². The van der Waals surface area contributed by atoms with E-state index >= 15 is 0 Å². The maximum atomic E-state index is 10.9. The summed E-state index contributed by atoms with van der Waals surface area (Å²) in [5.74, 6) is 0. The van der Waals surface area contributed by atoms with Crippen molar-refractivity contribution in [3.63, 3.8) is 0 Å². The lowest BCUT2D eigenvalue weighted by Crippen LogP contribution is -2.63. The van der Waals surface area contributed by atoms with Gasteiger partial charge in [0.1, 0.15) is 0 Å². The molecule has 2 rings (SSSR count). The van der Waals surface area contributed by atoms with Crippen molar-refractivity contribution in [3.05, 3.63) is 41.3 Å². The van der Waals surface area contributed by atoms with Crippen LogP contribution in [0.4, 0.5) is 0 Å². The lowest BCUT2D eigenvalue weighted by Gasteiger charge is -2.24. The van der Waals surface area contributed by atoms with Gasteiger partial charge in [-0.1, -0.05) is 67.2 Å². The molecule has 1 aliphatic heterocycles. The minimum atomic E-state index is -4.43. The summed E-state index contributed by atoms with van der Waals surface area (Å²) in [5, 5.41) is 1.84. The molecule has 1 aliphatic rings. The lowest BCUT2D eigenvalue weighted by atomic mass is 10.2. The first kappa shape index (κ1) is 15.2. The number of hydrogen-bond donors (Lipinski definition) is 0. The summed E-state index contributed by atoms with van der Waals surface area (Å²) in [5.41, 5.74) is 0.988. The first-order chi connectivity index (χ1) is 8.94. The average molecular weight is 321 g/mol. The highest BCUT2D eigenvalue weighted by Crippen LogP contribution is 2.56. The quantitative estimate of drug-likeness (QED) is 0.799. The zero-order chi connectivity index (χ0) is 13.9. The van der Waals surface area contributed by atoms with E-state index in [1.165, 1.54) is 23.5 Å². The van der Waals surface area contributed by atoms with Crippen molar-refractivity contribution < 1.29 is 28.5 Å². The Hall–Kier alpha value is -0.210. The van der Waals surface area contributed by atoms with E-state index in [2.05, 4.69) is 0 Å². The van der Waals surface area contributed by atoms with Crippen molar-refractivity contribution in [3.8, 4) is 0 Å². The molecule has 1 unspecified atom stereocenters. The first-order valence-electron chi connectivity index (χ1n) is 5.68. The first-order valence-corrected chi connectivity index (χ1v) is 8.61. The molecule has 0 N–H and O–H groups in total. The van der Waals surface area contributed by atoms with Crippen LogP contribution in [-0.4, -0.2) is 4.27 Å². The van der Waals surface area contributed by atoms with Crippen molar-refractivity contribution in [1.29, 1.82) is 0 Å².